The van der Waals surface area contributed by atoms with Gasteiger partial charge in [0.05, 0.1) is 32.1 Å². The molecule has 1 aromatic rings. The Morgan fingerprint density at radius 1 is 0.788 bits per heavy atom. The Morgan fingerprint density at radius 3 is 1.55 bits per heavy atom. The minimum absolute atomic E-state index is 0.0145. The summed E-state index contributed by atoms with van der Waals surface area (Å²) in [6, 6.07) is 3.74. The first-order valence-electron chi connectivity index (χ1n) is 10.1. The summed E-state index contributed by atoms with van der Waals surface area (Å²) in [5.41, 5.74) is -1.16. The molecule has 180 valence electrons. The van der Waals surface area contributed by atoms with Crippen LogP contribution in [-0.4, -0.2) is 55.5 Å². The Bertz CT molecular complexity index is 893. The van der Waals surface area contributed by atoms with Crippen LogP contribution in [0.4, 0.5) is 5.69 Å². The van der Waals surface area contributed by atoms with E-state index in [4.69, 9.17) is 18.9 Å². The van der Waals surface area contributed by atoms with E-state index in [1.807, 2.05) is 0 Å². The van der Waals surface area contributed by atoms with Crippen molar-refractivity contribution in [1.82, 2.24) is 0 Å². The fraction of sp³-hybridized carbons (Fsp3) is 0.364. The summed E-state index contributed by atoms with van der Waals surface area (Å²) in [6.07, 6.45) is 2.15. The number of anilines is 1. The number of nitrogens with zero attached hydrogens (tertiary/aromatic N) is 1. The molecule has 0 aliphatic carbocycles. The molecule has 0 aromatic heterocycles. The lowest BCUT2D eigenvalue weighted by Gasteiger charge is -2.24. The molecule has 0 bridgehead atoms. The highest BCUT2D eigenvalue weighted by atomic mass is 16.8. The van der Waals surface area contributed by atoms with Crippen molar-refractivity contribution in [2.75, 3.05) is 31.7 Å². The van der Waals surface area contributed by atoms with Crippen LogP contribution in [0.1, 0.15) is 38.8 Å². The molecule has 0 aliphatic heterocycles. The minimum atomic E-state index is -1.00. The third-order valence-electron chi connectivity index (χ3n) is 3.85. The van der Waals surface area contributed by atoms with Crippen LogP contribution >= 0.6 is 0 Å². The van der Waals surface area contributed by atoms with Gasteiger partial charge in [0, 0.05) is 5.56 Å². The molecule has 0 saturated carbocycles. The van der Waals surface area contributed by atoms with Gasteiger partial charge in [-0.05, 0) is 57.5 Å². The van der Waals surface area contributed by atoms with E-state index in [0.29, 0.717) is 0 Å². The Morgan fingerprint density at radius 2 is 1.18 bits per heavy atom. The molecule has 0 fully saturated rings. The van der Waals surface area contributed by atoms with Gasteiger partial charge in [-0.25, -0.2) is 19.2 Å². The third-order valence-corrected chi connectivity index (χ3v) is 3.85. The van der Waals surface area contributed by atoms with Crippen LogP contribution in [0, 0.1) is 5.21 Å². The van der Waals surface area contributed by atoms with E-state index in [0.717, 1.165) is 18.2 Å². The van der Waals surface area contributed by atoms with E-state index in [9.17, 15) is 29.6 Å². The van der Waals surface area contributed by atoms with Crippen LogP contribution in [0.25, 0.3) is 12.2 Å². The second-order valence-electron chi connectivity index (χ2n) is 6.09. The third kappa shape index (κ3) is 8.05. The maximum absolute atomic E-state index is 12.3. The normalized spacial score (nSPS) is 9.88. The monoisotopic (exact) mass is 464 g/mol. The number of benzene rings is 1. The van der Waals surface area contributed by atoms with Gasteiger partial charge in [-0.15, -0.1) is 0 Å². The summed E-state index contributed by atoms with van der Waals surface area (Å²) in [5.74, 6) is -3.86. The first-order valence-corrected chi connectivity index (χ1v) is 10.1. The smallest absolute Gasteiger partial charge is 0.345 e. The summed E-state index contributed by atoms with van der Waals surface area (Å²) in [7, 11) is 0. The number of esters is 4. The van der Waals surface area contributed by atoms with Gasteiger partial charge in [-0.2, -0.15) is 0 Å². The minimum Gasteiger partial charge on any atom is -0.733 e. The number of hydrogen-bond donors (Lipinski definition) is 1. The molecule has 33 heavy (non-hydrogen) atoms. The molecule has 0 heterocycles. The van der Waals surface area contributed by atoms with Gasteiger partial charge in [0.25, 0.3) is 0 Å². The first-order chi connectivity index (χ1) is 15.7. The average molecular weight is 464 g/mol. The van der Waals surface area contributed by atoms with E-state index < -0.39 is 40.2 Å². The van der Waals surface area contributed by atoms with E-state index >= 15 is 0 Å². The van der Waals surface area contributed by atoms with Crippen LogP contribution in [0.2, 0.25) is 0 Å². The average Bonchev–Trinajstić information content (AvgIpc) is 2.76. The number of hydrogen-bond acceptors (Lipinski definition) is 11. The molecule has 0 radical (unpaired) electrons. The molecular formula is C22H26NO10-. The Labute approximate surface area is 190 Å². The summed E-state index contributed by atoms with van der Waals surface area (Å²) in [4.78, 5) is 48.9. The van der Waals surface area contributed by atoms with Crippen molar-refractivity contribution in [3.8, 4) is 0 Å². The van der Waals surface area contributed by atoms with Gasteiger partial charge >= 0.3 is 23.9 Å². The van der Waals surface area contributed by atoms with E-state index in [2.05, 4.69) is 0 Å². The van der Waals surface area contributed by atoms with Gasteiger partial charge in [-0.1, -0.05) is 6.07 Å². The van der Waals surface area contributed by atoms with Crippen molar-refractivity contribution in [3.05, 3.63) is 45.7 Å². The molecule has 1 aromatic carbocycles. The molecule has 0 aliphatic rings. The topological polar surface area (TPSA) is 152 Å². The number of carbonyl (C=O) groups is 4. The second-order valence-corrected chi connectivity index (χ2v) is 6.09. The van der Waals surface area contributed by atoms with Crippen molar-refractivity contribution < 1.29 is 43.3 Å². The predicted molar refractivity (Wildman–Crippen MR) is 117 cm³/mol. The van der Waals surface area contributed by atoms with Crippen molar-refractivity contribution in [2.45, 2.75) is 27.7 Å². The fourth-order valence-electron chi connectivity index (χ4n) is 2.51. The molecule has 1 N–H and O–H groups in total. The van der Waals surface area contributed by atoms with E-state index in [1.165, 1.54) is 26.0 Å². The van der Waals surface area contributed by atoms with Crippen LogP contribution in [-0.2, 0) is 38.1 Å². The quantitative estimate of drug-likeness (QED) is 0.128. The molecular weight excluding hydrogens is 438 g/mol. The predicted octanol–water partition coefficient (Wildman–Crippen LogP) is 2.40. The van der Waals surface area contributed by atoms with Crippen LogP contribution < -0.4 is 5.23 Å². The second kappa shape index (κ2) is 13.7. The van der Waals surface area contributed by atoms with Gasteiger partial charge in [0.15, 0.2) is 0 Å². The van der Waals surface area contributed by atoms with Crippen molar-refractivity contribution in [3.63, 3.8) is 0 Å². The number of ether oxygens (including phenoxy) is 4. The highest BCUT2D eigenvalue weighted by Crippen LogP contribution is 2.25. The van der Waals surface area contributed by atoms with Crippen molar-refractivity contribution in [1.29, 1.82) is 0 Å². The molecule has 0 atom stereocenters. The maximum atomic E-state index is 12.3. The number of carbonyl (C=O) groups excluding carboxylic acids is 4. The largest absolute Gasteiger partial charge is 0.733 e. The van der Waals surface area contributed by atoms with E-state index in [1.54, 1.807) is 13.8 Å². The molecule has 0 spiro atoms. The molecule has 0 amide bonds. The van der Waals surface area contributed by atoms with Crippen molar-refractivity contribution in [2.24, 2.45) is 0 Å². The molecule has 0 saturated heterocycles. The molecule has 11 nitrogen and oxygen atoms in total. The van der Waals surface area contributed by atoms with Gasteiger partial charge in [0.1, 0.15) is 11.1 Å². The molecule has 1 rings (SSSR count). The highest BCUT2D eigenvalue weighted by Gasteiger charge is 2.23. The zero-order valence-electron chi connectivity index (χ0n) is 18.8. The summed E-state index contributed by atoms with van der Waals surface area (Å²) in [6.45, 7) is 6.18. The van der Waals surface area contributed by atoms with Gasteiger partial charge in [-0.3, -0.25) is 5.21 Å². The summed E-state index contributed by atoms with van der Waals surface area (Å²) in [5, 5.41) is 20.6. The Balaban J connectivity index is 3.66. The SMILES string of the molecule is CCOC(=O)C(=Cc1ccc(N([O-])O)c(C=C(C(=O)OCC)C(=O)OCC)c1)C(=O)OCC. The van der Waals surface area contributed by atoms with Gasteiger partial charge in [0.2, 0.25) is 0 Å². The first kappa shape index (κ1) is 27.3. The lowest BCUT2D eigenvalue weighted by molar-refractivity contribution is -0.148. The Hall–Kier alpha value is -3.70. The van der Waals surface area contributed by atoms with Gasteiger partial charge < -0.3 is 29.4 Å². The van der Waals surface area contributed by atoms with Crippen LogP contribution in [0.15, 0.2) is 29.3 Å². The maximum Gasteiger partial charge on any atom is 0.345 e. The van der Waals surface area contributed by atoms with Crippen LogP contribution in [0.3, 0.4) is 0 Å². The lowest BCUT2D eigenvalue weighted by Crippen LogP contribution is -2.19. The number of rotatable bonds is 11. The van der Waals surface area contributed by atoms with E-state index in [-0.39, 0.29) is 43.2 Å². The van der Waals surface area contributed by atoms with Crippen LogP contribution in [0.5, 0.6) is 0 Å². The Kier molecular flexibility index (Phi) is 11.3. The zero-order valence-corrected chi connectivity index (χ0v) is 18.8. The lowest BCUT2D eigenvalue weighted by atomic mass is 10.0. The fourth-order valence-corrected chi connectivity index (χ4v) is 2.51. The molecule has 11 heteroatoms. The summed E-state index contributed by atoms with van der Waals surface area (Å²) >= 11 is 0. The summed E-state index contributed by atoms with van der Waals surface area (Å²) < 4.78 is 19.5. The zero-order chi connectivity index (χ0) is 25.0. The standard InChI is InChI=1S/C22H26NO10/c1-5-30-19(24)16(20(25)31-6-2)12-14-9-10-18(23(28)29)15(11-14)13-17(21(26)32-7-3)22(27)33-8-4/h9-13,28H,5-8H2,1-4H3/q-1. The molecule has 0 unspecified atom stereocenters. The van der Waals surface area contributed by atoms with Crippen molar-refractivity contribution >= 4 is 41.7 Å². The highest BCUT2D eigenvalue weighted by molar-refractivity contribution is 6.19.